The van der Waals surface area contributed by atoms with Crippen molar-refractivity contribution < 1.29 is 14.3 Å². The minimum Gasteiger partial charge on any atom is -0.497 e. The molecule has 0 aromatic heterocycles. The van der Waals surface area contributed by atoms with Crippen LogP contribution in [0.4, 0.5) is 0 Å². The van der Waals surface area contributed by atoms with Crippen LogP contribution in [0.15, 0.2) is 18.2 Å². The van der Waals surface area contributed by atoms with Gasteiger partial charge in [-0.25, -0.2) is 0 Å². The molecule has 0 amide bonds. The van der Waals surface area contributed by atoms with Crippen LogP contribution in [0.5, 0.6) is 11.5 Å². The Labute approximate surface area is 100 Å². The first-order chi connectivity index (χ1) is 7.72. The summed E-state index contributed by atoms with van der Waals surface area (Å²) in [7, 11) is 3.14. The first-order valence-electron chi connectivity index (χ1n) is 4.97. The molecule has 0 aliphatic rings. The summed E-state index contributed by atoms with van der Waals surface area (Å²) in [6.07, 6.45) is 2.52. The zero-order valence-electron chi connectivity index (χ0n) is 9.78. The van der Waals surface area contributed by atoms with Gasteiger partial charge in [0, 0.05) is 18.2 Å². The molecule has 16 heavy (non-hydrogen) atoms. The lowest BCUT2D eigenvalue weighted by molar-refractivity contribution is 0.0986. The Hall–Kier alpha value is -1.16. The van der Waals surface area contributed by atoms with E-state index in [0.29, 0.717) is 23.5 Å². The molecule has 88 valence electrons. The molecular formula is C12H16O3S. The van der Waals surface area contributed by atoms with Crippen molar-refractivity contribution in [3.8, 4) is 11.5 Å². The van der Waals surface area contributed by atoms with E-state index in [1.54, 1.807) is 44.2 Å². The normalized spacial score (nSPS) is 9.94. The van der Waals surface area contributed by atoms with Crippen LogP contribution in [0.3, 0.4) is 0 Å². The molecule has 0 spiro atoms. The number of thioether (sulfide) groups is 1. The quantitative estimate of drug-likeness (QED) is 0.716. The van der Waals surface area contributed by atoms with Gasteiger partial charge in [-0.05, 0) is 18.4 Å². The number of hydrogen-bond donors (Lipinski definition) is 0. The van der Waals surface area contributed by atoms with Crippen LogP contribution < -0.4 is 9.47 Å². The zero-order chi connectivity index (χ0) is 12.0. The number of hydrogen-bond acceptors (Lipinski definition) is 4. The number of methoxy groups -OCH3 is 2. The third-order valence-corrected chi connectivity index (χ3v) is 2.85. The molecule has 0 heterocycles. The van der Waals surface area contributed by atoms with Crippen LogP contribution in [-0.4, -0.2) is 32.0 Å². The van der Waals surface area contributed by atoms with Gasteiger partial charge in [0.2, 0.25) is 0 Å². The molecule has 0 saturated heterocycles. The fourth-order valence-electron chi connectivity index (χ4n) is 1.36. The first-order valence-corrected chi connectivity index (χ1v) is 6.36. The predicted octanol–water partition coefficient (Wildman–Crippen LogP) is 2.64. The molecule has 0 bridgehead atoms. The molecule has 0 radical (unpaired) electrons. The summed E-state index contributed by atoms with van der Waals surface area (Å²) in [6.45, 7) is 0. The third kappa shape index (κ3) is 3.17. The van der Waals surface area contributed by atoms with Gasteiger partial charge in [-0.15, -0.1) is 0 Å². The van der Waals surface area contributed by atoms with Crippen LogP contribution in [0.1, 0.15) is 16.8 Å². The average Bonchev–Trinajstić information content (AvgIpc) is 2.34. The SMILES string of the molecule is COc1ccc(C(=O)CCSC)c(OC)c1. The molecule has 0 atom stereocenters. The summed E-state index contributed by atoms with van der Waals surface area (Å²) in [6, 6.07) is 5.25. The fraction of sp³-hybridized carbons (Fsp3) is 0.417. The van der Waals surface area contributed by atoms with Crippen molar-refractivity contribution in [2.75, 3.05) is 26.2 Å². The van der Waals surface area contributed by atoms with Crippen LogP contribution in [-0.2, 0) is 0 Å². The van der Waals surface area contributed by atoms with Gasteiger partial charge < -0.3 is 9.47 Å². The largest absolute Gasteiger partial charge is 0.497 e. The zero-order valence-corrected chi connectivity index (χ0v) is 10.6. The van der Waals surface area contributed by atoms with Gasteiger partial charge in [0.15, 0.2) is 5.78 Å². The molecule has 0 N–H and O–H groups in total. The standard InChI is InChI=1S/C12H16O3S/c1-14-9-4-5-10(12(8-9)15-2)11(13)6-7-16-3/h4-5,8H,6-7H2,1-3H3. The molecule has 0 aliphatic carbocycles. The van der Waals surface area contributed by atoms with Crippen molar-refractivity contribution in [3.63, 3.8) is 0 Å². The number of carbonyl (C=O) groups is 1. The van der Waals surface area contributed by atoms with Crippen molar-refractivity contribution in [1.29, 1.82) is 0 Å². The summed E-state index contributed by atoms with van der Waals surface area (Å²) in [4.78, 5) is 11.8. The number of rotatable bonds is 6. The summed E-state index contributed by atoms with van der Waals surface area (Å²) >= 11 is 1.66. The molecule has 3 nitrogen and oxygen atoms in total. The monoisotopic (exact) mass is 240 g/mol. The maximum Gasteiger partial charge on any atom is 0.167 e. The molecule has 1 rings (SSSR count). The Morgan fingerprint density at radius 2 is 2.06 bits per heavy atom. The minimum atomic E-state index is 0.105. The van der Waals surface area contributed by atoms with Gasteiger partial charge in [0.25, 0.3) is 0 Å². The highest BCUT2D eigenvalue weighted by Crippen LogP contribution is 2.25. The van der Waals surface area contributed by atoms with E-state index in [1.807, 2.05) is 6.26 Å². The first kappa shape index (κ1) is 12.9. The minimum absolute atomic E-state index is 0.105. The van der Waals surface area contributed by atoms with E-state index in [2.05, 4.69) is 0 Å². The van der Waals surface area contributed by atoms with E-state index >= 15 is 0 Å². The van der Waals surface area contributed by atoms with E-state index in [-0.39, 0.29) is 5.78 Å². The van der Waals surface area contributed by atoms with Crippen LogP contribution in [0.25, 0.3) is 0 Å². The summed E-state index contributed by atoms with van der Waals surface area (Å²) < 4.78 is 10.3. The highest BCUT2D eigenvalue weighted by atomic mass is 32.2. The lowest BCUT2D eigenvalue weighted by Gasteiger charge is -2.09. The van der Waals surface area contributed by atoms with Gasteiger partial charge in [0.05, 0.1) is 19.8 Å². The van der Waals surface area contributed by atoms with Gasteiger partial charge in [-0.2, -0.15) is 11.8 Å². The van der Waals surface area contributed by atoms with Crippen molar-refractivity contribution in [2.24, 2.45) is 0 Å². The highest BCUT2D eigenvalue weighted by Gasteiger charge is 2.12. The second-order valence-corrected chi connectivity index (χ2v) is 4.22. The Balaban J connectivity index is 2.90. The van der Waals surface area contributed by atoms with Crippen LogP contribution in [0, 0.1) is 0 Å². The summed E-state index contributed by atoms with van der Waals surface area (Å²) in [5, 5.41) is 0. The molecule has 0 saturated carbocycles. The van der Waals surface area contributed by atoms with E-state index in [1.165, 1.54) is 0 Å². The van der Waals surface area contributed by atoms with E-state index in [4.69, 9.17) is 9.47 Å². The highest BCUT2D eigenvalue weighted by molar-refractivity contribution is 7.98. The smallest absolute Gasteiger partial charge is 0.167 e. The molecule has 4 heteroatoms. The fourth-order valence-corrected chi connectivity index (χ4v) is 1.75. The van der Waals surface area contributed by atoms with Crippen molar-refractivity contribution in [2.45, 2.75) is 6.42 Å². The van der Waals surface area contributed by atoms with E-state index < -0.39 is 0 Å². The van der Waals surface area contributed by atoms with Crippen molar-refractivity contribution in [1.82, 2.24) is 0 Å². The van der Waals surface area contributed by atoms with E-state index in [0.717, 1.165) is 5.75 Å². The van der Waals surface area contributed by atoms with Crippen LogP contribution >= 0.6 is 11.8 Å². The number of Topliss-reactive ketones (excluding diaryl/α,β-unsaturated/α-hetero) is 1. The second kappa shape index (κ2) is 6.43. The van der Waals surface area contributed by atoms with Crippen LogP contribution in [0.2, 0.25) is 0 Å². The molecule has 0 unspecified atom stereocenters. The summed E-state index contributed by atoms with van der Waals surface area (Å²) in [5.74, 6) is 2.20. The maximum atomic E-state index is 11.8. The average molecular weight is 240 g/mol. The molecule has 1 aromatic rings. The Morgan fingerprint density at radius 3 is 2.62 bits per heavy atom. The number of benzene rings is 1. The van der Waals surface area contributed by atoms with Gasteiger partial charge in [-0.1, -0.05) is 0 Å². The van der Waals surface area contributed by atoms with Gasteiger partial charge in [0.1, 0.15) is 11.5 Å². The predicted molar refractivity (Wildman–Crippen MR) is 66.9 cm³/mol. The molecule has 0 aliphatic heterocycles. The second-order valence-electron chi connectivity index (χ2n) is 3.23. The third-order valence-electron chi connectivity index (χ3n) is 2.24. The Morgan fingerprint density at radius 1 is 1.31 bits per heavy atom. The topological polar surface area (TPSA) is 35.5 Å². The Kier molecular flexibility index (Phi) is 5.19. The molecule has 1 aromatic carbocycles. The Bertz CT molecular complexity index is 363. The number of ether oxygens (including phenoxy) is 2. The van der Waals surface area contributed by atoms with E-state index in [9.17, 15) is 4.79 Å². The maximum absolute atomic E-state index is 11.8. The summed E-state index contributed by atoms with van der Waals surface area (Å²) in [5.41, 5.74) is 0.623. The molecular weight excluding hydrogens is 224 g/mol. The number of carbonyl (C=O) groups excluding carboxylic acids is 1. The number of ketones is 1. The lowest BCUT2D eigenvalue weighted by Crippen LogP contribution is -2.03. The lowest BCUT2D eigenvalue weighted by atomic mass is 10.1. The van der Waals surface area contributed by atoms with Crippen molar-refractivity contribution >= 4 is 17.5 Å². The molecule has 0 fully saturated rings. The van der Waals surface area contributed by atoms with Gasteiger partial charge >= 0.3 is 0 Å². The van der Waals surface area contributed by atoms with Gasteiger partial charge in [-0.3, -0.25) is 4.79 Å². The van der Waals surface area contributed by atoms with Crippen molar-refractivity contribution in [3.05, 3.63) is 23.8 Å².